The number of aromatic amines is 1. The summed E-state index contributed by atoms with van der Waals surface area (Å²) >= 11 is 5.83. The van der Waals surface area contributed by atoms with E-state index in [1.807, 2.05) is 0 Å². The van der Waals surface area contributed by atoms with Crippen LogP contribution in [0.25, 0.3) is 10.9 Å². The first-order valence-corrected chi connectivity index (χ1v) is 9.66. The molecule has 3 rings (SSSR count). The third-order valence-electron chi connectivity index (χ3n) is 3.76. The Kier molecular flexibility index (Phi) is 5.21. The number of hydrogen-bond acceptors (Lipinski definition) is 6. The van der Waals surface area contributed by atoms with Crippen LogP contribution in [0.3, 0.4) is 0 Å². The molecule has 0 radical (unpaired) electrons. The SMILES string of the molecule is C=CCOC(=O)c1cccc(S(=O)(=O)n2c(=O)[nH]c3cc(Cl)ccc3c2=O)c1. The van der Waals surface area contributed by atoms with Crippen LogP contribution in [0.4, 0.5) is 0 Å². The minimum atomic E-state index is -4.58. The van der Waals surface area contributed by atoms with Crippen LogP contribution in [0.5, 0.6) is 0 Å². The number of benzene rings is 2. The van der Waals surface area contributed by atoms with Crippen molar-refractivity contribution in [1.29, 1.82) is 0 Å². The molecule has 0 fully saturated rings. The molecule has 0 bridgehead atoms. The summed E-state index contributed by atoms with van der Waals surface area (Å²) in [5, 5.41) is 0.239. The number of fused-ring (bicyclic) bond motifs is 1. The van der Waals surface area contributed by atoms with Crippen molar-refractivity contribution in [2.45, 2.75) is 4.90 Å². The Balaban J connectivity index is 2.18. The van der Waals surface area contributed by atoms with E-state index in [1.54, 1.807) is 0 Å². The fraction of sp³-hybridized carbons (Fsp3) is 0.0556. The van der Waals surface area contributed by atoms with Crippen molar-refractivity contribution >= 4 is 38.5 Å². The van der Waals surface area contributed by atoms with Crippen molar-refractivity contribution in [2.75, 3.05) is 6.61 Å². The fourth-order valence-corrected chi connectivity index (χ4v) is 3.99. The van der Waals surface area contributed by atoms with Gasteiger partial charge >= 0.3 is 11.7 Å². The number of nitrogens with zero attached hydrogens (tertiary/aromatic N) is 1. The van der Waals surface area contributed by atoms with E-state index in [0.29, 0.717) is 0 Å². The summed E-state index contributed by atoms with van der Waals surface area (Å²) in [7, 11) is -4.58. The van der Waals surface area contributed by atoms with Crippen LogP contribution in [0.15, 0.2) is 69.6 Å². The Morgan fingerprint density at radius 2 is 1.96 bits per heavy atom. The van der Waals surface area contributed by atoms with Gasteiger partial charge in [-0.05, 0) is 36.4 Å². The number of rotatable bonds is 5. The molecule has 0 saturated carbocycles. The average Bonchev–Trinajstić information content (AvgIpc) is 2.65. The zero-order valence-electron chi connectivity index (χ0n) is 14.2. The highest BCUT2D eigenvalue weighted by molar-refractivity contribution is 7.90. The number of carbonyl (C=O) groups excluding carboxylic acids is 1. The zero-order chi connectivity index (χ0) is 20.5. The summed E-state index contributed by atoms with van der Waals surface area (Å²) in [4.78, 5) is 38.8. The molecule has 0 aliphatic carbocycles. The second-order valence-corrected chi connectivity index (χ2v) is 7.83. The number of nitrogens with one attached hydrogen (secondary N) is 1. The molecule has 0 unspecified atom stereocenters. The van der Waals surface area contributed by atoms with Crippen LogP contribution >= 0.6 is 11.6 Å². The van der Waals surface area contributed by atoms with E-state index in [4.69, 9.17) is 16.3 Å². The van der Waals surface area contributed by atoms with Gasteiger partial charge in [0, 0.05) is 5.02 Å². The minimum Gasteiger partial charge on any atom is -0.458 e. The predicted octanol–water partition coefficient (Wildman–Crippen LogP) is 1.92. The highest BCUT2D eigenvalue weighted by Crippen LogP contribution is 2.17. The smallest absolute Gasteiger partial charge is 0.343 e. The number of esters is 1. The largest absolute Gasteiger partial charge is 0.458 e. The number of aromatic nitrogens is 2. The average molecular weight is 421 g/mol. The normalized spacial score (nSPS) is 11.3. The van der Waals surface area contributed by atoms with Crippen LogP contribution in [0.1, 0.15) is 10.4 Å². The van der Waals surface area contributed by atoms with E-state index in [1.165, 1.54) is 36.4 Å². The summed E-state index contributed by atoms with van der Waals surface area (Å²) in [5.41, 5.74) is -2.13. The van der Waals surface area contributed by atoms with Gasteiger partial charge in [0.2, 0.25) is 0 Å². The van der Waals surface area contributed by atoms with Gasteiger partial charge in [0.25, 0.3) is 15.6 Å². The van der Waals surface area contributed by atoms with Crippen LogP contribution in [-0.4, -0.2) is 30.0 Å². The second kappa shape index (κ2) is 7.45. The fourth-order valence-electron chi connectivity index (χ4n) is 2.50. The van der Waals surface area contributed by atoms with Crippen molar-refractivity contribution in [2.24, 2.45) is 0 Å². The molecule has 2 aromatic carbocycles. The number of carbonyl (C=O) groups is 1. The first kappa shape index (κ1) is 19.6. The summed E-state index contributed by atoms with van der Waals surface area (Å²) < 4.78 is 30.8. The molecule has 3 aromatic rings. The lowest BCUT2D eigenvalue weighted by Crippen LogP contribution is -2.40. The van der Waals surface area contributed by atoms with E-state index in [-0.39, 0.29) is 32.1 Å². The van der Waals surface area contributed by atoms with E-state index in [2.05, 4.69) is 11.6 Å². The van der Waals surface area contributed by atoms with Crippen molar-refractivity contribution in [3.63, 3.8) is 0 Å². The van der Waals surface area contributed by atoms with Crippen LogP contribution in [0.2, 0.25) is 5.02 Å². The van der Waals surface area contributed by atoms with Gasteiger partial charge in [-0.1, -0.05) is 30.3 Å². The van der Waals surface area contributed by atoms with Gasteiger partial charge in [0.15, 0.2) is 0 Å². The lowest BCUT2D eigenvalue weighted by Gasteiger charge is -2.09. The summed E-state index contributed by atoms with van der Waals surface area (Å²) in [5.74, 6) is -0.772. The second-order valence-electron chi connectivity index (χ2n) is 5.61. The molecule has 0 spiro atoms. The lowest BCUT2D eigenvalue weighted by atomic mass is 10.2. The van der Waals surface area contributed by atoms with Crippen LogP contribution in [0, 0.1) is 0 Å². The first-order valence-electron chi connectivity index (χ1n) is 7.84. The molecule has 0 aliphatic heterocycles. The number of halogens is 1. The van der Waals surface area contributed by atoms with Gasteiger partial charge in [0.1, 0.15) is 6.61 Å². The molecule has 0 saturated heterocycles. The van der Waals surface area contributed by atoms with E-state index in [9.17, 15) is 22.8 Å². The van der Waals surface area contributed by atoms with Crippen molar-refractivity contribution in [1.82, 2.24) is 8.96 Å². The van der Waals surface area contributed by atoms with Gasteiger partial charge in [-0.25, -0.2) is 18.0 Å². The Labute approximate surface area is 163 Å². The van der Waals surface area contributed by atoms with E-state index in [0.717, 1.165) is 12.1 Å². The first-order chi connectivity index (χ1) is 13.3. The molecule has 10 heteroatoms. The highest BCUT2D eigenvalue weighted by Gasteiger charge is 2.24. The maximum atomic E-state index is 12.9. The number of H-pyrrole nitrogens is 1. The molecular formula is C18H13ClN2O6S. The lowest BCUT2D eigenvalue weighted by molar-refractivity contribution is 0.0549. The third kappa shape index (κ3) is 3.49. The van der Waals surface area contributed by atoms with E-state index >= 15 is 0 Å². The molecular weight excluding hydrogens is 408 g/mol. The van der Waals surface area contributed by atoms with Gasteiger partial charge < -0.3 is 9.72 Å². The molecule has 0 atom stereocenters. The van der Waals surface area contributed by atoms with Gasteiger partial charge in [-0.15, -0.1) is 3.97 Å². The Morgan fingerprint density at radius 1 is 1.21 bits per heavy atom. The van der Waals surface area contributed by atoms with Gasteiger partial charge in [0.05, 0.1) is 21.4 Å². The van der Waals surface area contributed by atoms with Crippen LogP contribution < -0.4 is 11.2 Å². The molecule has 1 N–H and O–H groups in total. The van der Waals surface area contributed by atoms with Gasteiger partial charge in [-0.3, -0.25) is 4.79 Å². The summed E-state index contributed by atoms with van der Waals surface area (Å²) in [6, 6.07) is 8.89. The van der Waals surface area contributed by atoms with Crippen molar-refractivity contribution in [3.8, 4) is 0 Å². The number of hydrogen-bond donors (Lipinski definition) is 1. The quantitative estimate of drug-likeness (QED) is 0.498. The molecule has 0 amide bonds. The summed E-state index contributed by atoms with van der Waals surface area (Å²) in [6.45, 7) is 3.36. The monoisotopic (exact) mass is 420 g/mol. The Morgan fingerprint density at radius 3 is 2.68 bits per heavy atom. The van der Waals surface area contributed by atoms with Crippen molar-refractivity contribution in [3.05, 3.63) is 86.5 Å². The molecule has 8 nitrogen and oxygen atoms in total. The molecule has 1 heterocycles. The number of ether oxygens (including phenoxy) is 1. The molecule has 28 heavy (non-hydrogen) atoms. The molecule has 1 aromatic heterocycles. The molecule has 144 valence electrons. The Hall–Kier alpha value is -3.17. The Bertz CT molecular complexity index is 1320. The standard InChI is InChI=1S/C18H13ClN2O6S/c1-2-8-27-17(23)11-4-3-5-13(9-11)28(25,26)21-16(22)14-7-6-12(19)10-15(14)20-18(21)24/h2-7,9-10H,1,8H2,(H,20,24). The van der Waals surface area contributed by atoms with E-state index < -0.39 is 32.1 Å². The van der Waals surface area contributed by atoms with Gasteiger partial charge in [-0.2, -0.15) is 0 Å². The maximum Gasteiger partial charge on any atom is 0.343 e. The zero-order valence-corrected chi connectivity index (χ0v) is 15.8. The van der Waals surface area contributed by atoms with Crippen LogP contribution in [-0.2, 0) is 14.8 Å². The maximum absolute atomic E-state index is 12.9. The molecule has 0 aliphatic rings. The van der Waals surface area contributed by atoms with Crippen molar-refractivity contribution < 1.29 is 17.9 Å². The highest BCUT2D eigenvalue weighted by atomic mass is 35.5. The summed E-state index contributed by atoms with van der Waals surface area (Å²) in [6.07, 6.45) is 1.36. The predicted molar refractivity (Wildman–Crippen MR) is 103 cm³/mol. The third-order valence-corrected chi connectivity index (χ3v) is 5.66. The topological polar surface area (TPSA) is 115 Å². The minimum absolute atomic E-state index is 0.0332.